The van der Waals surface area contributed by atoms with Gasteiger partial charge in [-0.1, -0.05) is 36.4 Å². The molecule has 0 saturated carbocycles. The summed E-state index contributed by atoms with van der Waals surface area (Å²) in [6.45, 7) is 0.102. The Bertz CT molecular complexity index is 1180. The number of anilines is 1. The molecule has 0 spiro atoms. The summed E-state index contributed by atoms with van der Waals surface area (Å²) in [5, 5.41) is 0. The van der Waals surface area contributed by atoms with Crippen LogP contribution < -0.4 is 24.8 Å². The highest BCUT2D eigenvalue weighted by Gasteiger charge is 2.33. The van der Waals surface area contributed by atoms with Gasteiger partial charge in [0.25, 0.3) is 0 Å². The second-order valence-corrected chi connectivity index (χ2v) is 7.72. The third kappa shape index (κ3) is 6.68. The lowest BCUT2D eigenvalue weighted by Gasteiger charge is -2.27. The van der Waals surface area contributed by atoms with Gasteiger partial charge in [0.05, 0.1) is 14.2 Å². The van der Waals surface area contributed by atoms with E-state index < -0.39 is 29.8 Å². The van der Waals surface area contributed by atoms with E-state index in [0.717, 1.165) is 17.7 Å². The van der Waals surface area contributed by atoms with Crippen molar-refractivity contribution in [3.63, 3.8) is 0 Å². The largest absolute Gasteiger partial charge is 0.573 e. The molecule has 0 heterocycles. The average Bonchev–Trinajstić information content (AvgIpc) is 2.84. The van der Waals surface area contributed by atoms with Crippen LogP contribution in [0.5, 0.6) is 17.2 Å². The number of halogens is 3. The molecule has 0 aliphatic heterocycles. The number of carbonyl (C=O) groups is 2. The van der Waals surface area contributed by atoms with Crippen molar-refractivity contribution >= 4 is 17.5 Å². The maximum Gasteiger partial charge on any atom is 0.573 e. The van der Waals surface area contributed by atoms with Crippen LogP contribution in [0.15, 0.2) is 72.8 Å². The van der Waals surface area contributed by atoms with Crippen LogP contribution in [0.25, 0.3) is 0 Å². The Hall–Kier alpha value is -4.21. The molecule has 36 heavy (non-hydrogen) atoms. The molecule has 1 unspecified atom stereocenters. The van der Waals surface area contributed by atoms with Crippen LogP contribution in [0.2, 0.25) is 0 Å². The molecule has 3 aromatic rings. The number of ether oxygens (including phenoxy) is 3. The fourth-order valence-electron chi connectivity index (χ4n) is 3.70. The first-order valence-electron chi connectivity index (χ1n) is 10.8. The van der Waals surface area contributed by atoms with Crippen molar-refractivity contribution < 1.29 is 37.0 Å². The fraction of sp³-hybridized carbons (Fsp3) is 0.231. The van der Waals surface area contributed by atoms with Crippen LogP contribution in [0, 0.1) is 0 Å². The zero-order chi connectivity index (χ0) is 26.3. The molecule has 1 atom stereocenters. The molecule has 3 aromatic carbocycles. The first kappa shape index (κ1) is 26.4. The SMILES string of the molecule is COc1ccc(CCN(C(=O)C(C(N)=O)c2ccccc2)c2ccc(OC(F)(F)F)cc2)cc1OC. The topological polar surface area (TPSA) is 91.1 Å². The summed E-state index contributed by atoms with van der Waals surface area (Å²) >= 11 is 0. The first-order valence-corrected chi connectivity index (χ1v) is 10.8. The number of rotatable bonds is 10. The molecule has 3 rings (SSSR count). The van der Waals surface area contributed by atoms with Crippen molar-refractivity contribution in [2.45, 2.75) is 18.7 Å². The van der Waals surface area contributed by atoms with Gasteiger partial charge in [-0.2, -0.15) is 0 Å². The van der Waals surface area contributed by atoms with Crippen LogP contribution in [0.3, 0.4) is 0 Å². The number of hydrogen-bond donors (Lipinski definition) is 1. The Morgan fingerprint density at radius 2 is 1.56 bits per heavy atom. The average molecular weight is 502 g/mol. The molecular formula is C26H25F3N2O5. The summed E-state index contributed by atoms with van der Waals surface area (Å²) in [4.78, 5) is 27.2. The van der Waals surface area contributed by atoms with Crippen molar-refractivity contribution in [2.24, 2.45) is 5.73 Å². The number of amides is 2. The predicted octanol–water partition coefficient (Wildman–Crippen LogP) is 4.45. The monoisotopic (exact) mass is 502 g/mol. The molecule has 2 amide bonds. The van der Waals surface area contributed by atoms with E-state index in [4.69, 9.17) is 15.2 Å². The Labute approximate surface area is 206 Å². The number of methoxy groups -OCH3 is 2. The Morgan fingerprint density at radius 3 is 2.11 bits per heavy atom. The molecule has 0 fully saturated rings. The van der Waals surface area contributed by atoms with Gasteiger partial charge in [0.2, 0.25) is 11.8 Å². The highest BCUT2D eigenvalue weighted by atomic mass is 19.4. The van der Waals surface area contributed by atoms with E-state index in [1.54, 1.807) is 48.5 Å². The smallest absolute Gasteiger partial charge is 0.493 e. The molecule has 190 valence electrons. The summed E-state index contributed by atoms with van der Waals surface area (Å²) < 4.78 is 52.2. The lowest BCUT2D eigenvalue weighted by atomic mass is 9.96. The summed E-state index contributed by atoms with van der Waals surface area (Å²) in [5.41, 5.74) is 7.08. The summed E-state index contributed by atoms with van der Waals surface area (Å²) in [6, 6.07) is 18.4. The number of nitrogens with two attached hydrogens (primary N) is 1. The van der Waals surface area contributed by atoms with Gasteiger partial charge in [0.1, 0.15) is 11.7 Å². The van der Waals surface area contributed by atoms with E-state index in [2.05, 4.69) is 4.74 Å². The van der Waals surface area contributed by atoms with Crippen molar-refractivity contribution in [3.8, 4) is 17.2 Å². The van der Waals surface area contributed by atoms with Crippen LogP contribution >= 0.6 is 0 Å². The van der Waals surface area contributed by atoms with Crippen LogP contribution in [-0.2, 0) is 16.0 Å². The van der Waals surface area contributed by atoms with Gasteiger partial charge in [-0.3, -0.25) is 9.59 Å². The van der Waals surface area contributed by atoms with E-state index in [9.17, 15) is 22.8 Å². The number of carbonyl (C=O) groups excluding carboxylic acids is 2. The van der Waals surface area contributed by atoms with Crippen LogP contribution in [0.4, 0.5) is 18.9 Å². The molecule has 0 saturated heterocycles. The van der Waals surface area contributed by atoms with Gasteiger partial charge in [-0.05, 0) is 53.9 Å². The molecule has 7 nitrogen and oxygen atoms in total. The molecule has 2 N–H and O–H groups in total. The molecule has 10 heteroatoms. The van der Waals surface area contributed by atoms with Gasteiger partial charge < -0.3 is 24.8 Å². The van der Waals surface area contributed by atoms with Crippen molar-refractivity contribution in [1.29, 1.82) is 0 Å². The van der Waals surface area contributed by atoms with Gasteiger partial charge in [-0.25, -0.2) is 0 Å². The highest BCUT2D eigenvalue weighted by Crippen LogP contribution is 2.30. The number of alkyl halides is 3. The second-order valence-electron chi connectivity index (χ2n) is 7.72. The minimum absolute atomic E-state index is 0.102. The molecule has 0 bridgehead atoms. The predicted molar refractivity (Wildman–Crippen MR) is 127 cm³/mol. The van der Waals surface area contributed by atoms with Crippen molar-refractivity contribution in [2.75, 3.05) is 25.7 Å². The second kappa shape index (κ2) is 11.5. The zero-order valence-electron chi connectivity index (χ0n) is 19.6. The molecular weight excluding hydrogens is 477 g/mol. The van der Waals surface area contributed by atoms with Crippen molar-refractivity contribution in [3.05, 3.63) is 83.9 Å². The van der Waals surface area contributed by atoms with E-state index in [1.807, 2.05) is 0 Å². The third-order valence-corrected chi connectivity index (χ3v) is 5.38. The maximum absolute atomic E-state index is 13.6. The zero-order valence-corrected chi connectivity index (χ0v) is 19.6. The van der Waals surface area contributed by atoms with E-state index in [-0.39, 0.29) is 12.2 Å². The van der Waals surface area contributed by atoms with Gasteiger partial charge in [0, 0.05) is 12.2 Å². The van der Waals surface area contributed by atoms with E-state index >= 15 is 0 Å². The van der Waals surface area contributed by atoms with Crippen LogP contribution in [-0.4, -0.2) is 38.9 Å². The summed E-state index contributed by atoms with van der Waals surface area (Å²) in [7, 11) is 3.01. The molecule has 0 radical (unpaired) electrons. The minimum Gasteiger partial charge on any atom is -0.493 e. The third-order valence-electron chi connectivity index (χ3n) is 5.38. The number of hydrogen-bond acceptors (Lipinski definition) is 5. The quantitative estimate of drug-likeness (QED) is 0.414. The van der Waals surface area contributed by atoms with Crippen molar-refractivity contribution in [1.82, 2.24) is 0 Å². The first-order chi connectivity index (χ1) is 17.1. The summed E-state index contributed by atoms with van der Waals surface area (Å²) in [6.07, 6.45) is -4.51. The van der Waals surface area contributed by atoms with E-state index in [1.165, 1.54) is 31.3 Å². The number of benzene rings is 3. The highest BCUT2D eigenvalue weighted by molar-refractivity contribution is 6.11. The molecule has 0 aromatic heterocycles. The molecule has 0 aliphatic rings. The Balaban J connectivity index is 1.94. The standard InChI is InChI=1S/C26H25F3N2O5/c1-34-21-13-8-17(16-22(21)35-2)14-15-31(19-9-11-20(12-10-19)36-26(27,28)29)25(33)23(24(30)32)18-6-4-3-5-7-18/h3-13,16,23H,14-15H2,1-2H3,(H2,30,32). The van der Waals surface area contributed by atoms with E-state index in [0.29, 0.717) is 23.5 Å². The number of nitrogens with zero attached hydrogens (tertiary/aromatic N) is 1. The fourth-order valence-corrected chi connectivity index (χ4v) is 3.70. The molecule has 0 aliphatic carbocycles. The summed E-state index contributed by atoms with van der Waals surface area (Å²) in [5.74, 6) is -2.15. The minimum atomic E-state index is -4.85. The Morgan fingerprint density at radius 1 is 0.917 bits per heavy atom. The van der Waals surface area contributed by atoms with Crippen LogP contribution in [0.1, 0.15) is 17.0 Å². The van der Waals surface area contributed by atoms with Gasteiger partial charge in [-0.15, -0.1) is 13.2 Å². The normalized spacial score (nSPS) is 11.9. The lowest BCUT2D eigenvalue weighted by Crippen LogP contribution is -2.41. The van der Waals surface area contributed by atoms with Gasteiger partial charge in [0.15, 0.2) is 11.5 Å². The Kier molecular flexibility index (Phi) is 8.42. The van der Waals surface area contributed by atoms with Gasteiger partial charge >= 0.3 is 6.36 Å². The number of primary amides is 1. The maximum atomic E-state index is 13.6. The lowest BCUT2D eigenvalue weighted by molar-refractivity contribution is -0.274.